The van der Waals surface area contributed by atoms with Gasteiger partial charge in [-0.05, 0) is 25.0 Å². The second-order valence-electron chi connectivity index (χ2n) is 3.89. The second kappa shape index (κ2) is 5.41. The Morgan fingerprint density at radius 1 is 1.71 bits per heavy atom. The monoisotopic (exact) mass is 231 g/mol. The number of hydrogen-bond donors (Lipinski definition) is 1. The van der Waals surface area contributed by atoms with Crippen molar-refractivity contribution >= 4 is 5.91 Å². The van der Waals surface area contributed by atoms with E-state index in [4.69, 9.17) is 10.00 Å². The SMILES string of the molecule is N#Cc1cc(C(=O)NCC2CCCO2)ccn1. The summed E-state index contributed by atoms with van der Waals surface area (Å²) in [6.07, 6.45) is 3.62. The van der Waals surface area contributed by atoms with E-state index in [9.17, 15) is 4.79 Å². The highest BCUT2D eigenvalue weighted by atomic mass is 16.5. The zero-order chi connectivity index (χ0) is 12.1. The summed E-state index contributed by atoms with van der Waals surface area (Å²) in [5, 5.41) is 11.5. The molecule has 5 nitrogen and oxygen atoms in total. The number of nitrogens with zero attached hydrogens (tertiary/aromatic N) is 2. The van der Waals surface area contributed by atoms with E-state index in [2.05, 4.69) is 10.3 Å². The molecule has 1 unspecified atom stereocenters. The fourth-order valence-corrected chi connectivity index (χ4v) is 1.75. The molecule has 0 radical (unpaired) electrons. The number of rotatable bonds is 3. The van der Waals surface area contributed by atoms with Crippen LogP contribution in [0.25, 0.3) is 0 Å². The number of hydrogen-bond acceptors (Lipinski definition) is 4. The maximum atomic E-state index is 11.8. The summed E-state index contributed by atoms with van der Waals surface area (Å²) in [6.45, 7) is 1.29. The molecule has 0 aromatic carbocycles. The van der Waals surface area contributed by atoms with E-state index in [-0.39, 0.29) is 17.7 Å². The lowest BCUT2D eigenvalue weighted by atomic mass is 10.2. The van der Waals surface area contributed by atoms with Crippen LogP contribution in [0.1, 0.15) is 28.9 Å². The number of ether oxygens (including phenoxy) is 1. The van der Waals surface area contributed by atoms with Crippen molar-refractivity contribution in [3.8, 4) is 6.07 Å². The first-order valence-corrected chi connectivity index (χ1v) is 5.55. The highest BCUT2D eigenvalue weighted by Crippen LogP contribution is 2.10. The summed E-state index contributed by atoms with van der Waals surface area (Å²) >= 11 is 0. The first-order valence-electron chi connectivity index (χ1n) is 5.55. The molecule has 1 N–H and O–H groups in total. The highest BCUT2D eigenvalue weighted by molar-refractivity contribution is 5.94. The molecule has 1 atom stereocenters. The number of carbonyl (C=O) groups is 1. The molecule has 1 aliphatic heterocycles. The van der Waals surface area contributed by atoms with E-state index in [0.29, 0.717) is 12.1 Å². The Hall–Kier alpha value is -1.93. The average molecular weight is 231 g/mol. The van der Waals surface area contributed by atoms with Crippen molar-refractivity contribution < 1.29 is 9.53 Å². The van der Waals surface area contributed by atoms with Gasteiger partial charge in [-0.15, -0.1) is 0 Å². The lowest BCUT2D eigenvalue weighted by molar-refractivity contribution is 0.0857. The number of nitrogens with one attached hydrogen (secondary N) is 1. The van der Waals surface area contributed by atoms with Gasteiger partial charge in [-0.2, -0.15) is 5.26 Å². The molecule has 1 amide bonds. The normalized spacial score (nSPS) is 18.6. The van der Waals surface area contributed by atoms with Crippen LogP contribution in [0.4, 0.5) is 0 Å². The molecule has 88 valence electrons. The van der Waals surface area contributed by atoms with Crippen molar-refractivity contribution in [1.82, 2.24) is 10.3 Å². The van der Waals surface area contributed by atoms with Gasteiger partial charge in [0.2, 0.25) is 0 Å². The van der Waals surface area contributed by atoms with Crippen molar-refractivity contribution in [2.45, 2.75) is 18.9 Å². The van der Waals surface area contributed by atoms with Crippen LogP contribution in [0.3, 0.4) is 0 Å². The maximum Gasteiger partial charge on any atom is 0.251 e. The molecular formula is C12H13N3O2. The van der Waals surface area contributed by atoms with Crippen LogP contribution in [0, 0.1) is 11.3 Å². The smallest absolute Gasteiger partial charge is 0.251 e. The lowest BCUT2D eigenvalue weighted by Gasteiger charge is -2.10. The Morgan fingerprint density at radius 2 is 2.59 bits per heavy atom. The third-order valence-corrected chi connectivity index (χ3v) is 2.65. The number of aromatic nitrogens is 1. The van der Waals surface area contributed by atoms with Gasteiger partial charge >= 0.3 is 0 Å². The predicted octanol–water partition coefficient (Wildman–Crippen LogP) is 0.862. The van der Waals surface area contributed by atoms with Crippen molar-refractivity contribution in [2.75, 3.05) is 13.2 Å². The van der Waals surface area contributed by atoms with Crippen molar-refractivity contribution in [3.63, 3.8) is 0 Å². The molecule has 1 fully saturated rings. The van der Waals surface area contributed by atoms with E-state index >= 15 is 0 Å². The van der Waals surface area contributed by atoms with Gasteiger partial charge in [0.25, 0.3) is 5.91 Å². The van der Waals surface area contributed by atoms with E-state index in [0.717, 1.165) is 19.4 Å². The highest BCUT2D eigenvalue weighted by Gasteiger charge is 2.16. The van der Waals surface area contributed by atoms with Gasteiger partial charge in [0.05, 0.1) is 6.10 Å². The molecule has 0 saturated carbocycles. The maximum absolute atomic E-state index is 11.8. The van der Waals surface area contributed by atoms with Crippen molar-refractivity contribution in [3.05, 3.63) is 29.6 Å². The summed E-state index contributed by atoms with van der Waals surface area (Å²) in [5.74, 6) is -0.195. The van der Waals surface area contributed by atoms with E-state index in [1.165, 1.54) is 12.3 Å². The van der Waals surface area contributed by atoms with Crippen LogP contribution in [0.2, 0.25) is 0 Å². The minimum atomic E-state index is -0.195. The molecule has 17 heavy (non-hydrogen) atoms. The minimum Gasteiger partial charge on any atom is -0.376 e. The average Bonchev–Trinajstić information content (AvgIpc) is 2.89. The number of carbonyl (C=O) groups excluding carboxylic acids is 1. The van der Waals surface area contributed by atoms with Crippen LogP contribution >= 0.6 is 0 Å². The molecule has 1 aromatic rings. The first-order chi connectivity index (χ1) is 8.29. The summed E-state index contributed by atoms with van der Waals surface area (Å²) in [5.41, 5.74) is 0.698. The molecule has 2 heterocycles. The Balaban J connectivity index is 1.92. The van der Waals surface area contributed by atoms with Crippen LogP contribution in [0.5, 0.6) is 0 Å². The van der Waals surface area contributed by atoms with Gasteiger partial charge in [-0.25, -0.2) is 4.98 Å². The van der Waals surface area contributed by atoms with Gasteiger partial charge in [-0.1, -0.05) is 0 Å². The molecule has 1 aromatic heterocycles. The Morgan fingerprint density at radius 3 is 3.29 bits per heavy atom. The quantitative estimate of drug-likeness (QED) is 0.837. The largest absolute Gasteiger partial charge is 0.376 e. The molecule has 0 bridgehead atoms. The molecule has 2 rings (SSSR count). The zero-order valence-corrected chi connectivity index (χ0v) is 9.35. The fraction of sp³-hybridized carbons (Fsp3) is 0.417. The Bertz CT molecular complexity index is 447. The van der Waals surface area contributed by atoms with Crippen LogP contribution < -0.4 is 5.32 Å². The number of amides is 1. The van der Waals surface area contributed by atoms with E-state index in [1.54, 1.807) is 6.07 Å². The predicted molar refractivity (Wildman–Crippen MR) is 60.3 cm³/mol. The molecule has 1 aliphatic rings. The third-order valence-electron chi connectivity index (χ3n) is 2.65. The molecular weight excluding hydrogens is 218 g/mol. The summed E-state index contributed by atoms with van der Waals surface area (Å²) in [7, 11) is 0. The molecule has 0 spiro atoms. The van der Waals surface area contributed by atoms with Gasteiger partial charge < -0.3 is 10.1 Å². The molecule has 5 heteroatoms. The van der Waals surface area contributed by atoms with Gasteiger partial charge in [0, 0.05) is 24.9 Å². The lowest BCUT2D eigenvalue weighted by Crippen LogP contribution is -2.31. The summed E-state index contributed by atoms with van der Waals surface area (Å²) < 4.78 is 5.40. The summed E-state index contributed by atoms with van der Waals surface area (Å²) in [4.78, 5) is 15.6. The Labute approximate surface area is 99.4 Å². The second-order valence-corrected chi connectivity index (χ2v) is 3.89. The number of nitriles is 1. The topological polar surface area (TPSA) is 75.0 Å². The van der Waals surface area contributed by atoms with Gasteiger partial charge in [-0.3, -0.25) is 4.79 Å². The van der Waals surface area contributed by atoms with Crippen LogP contribution in [-0.4, -0.2) is 30.1 Å². The van der Waals surface area contributed by atoms with Crippen LogP contribution in [0.15, 0.2) is 18.3 Å². The minimum absolute atomic E-state index is 0.122. The third kappa shape index (κ3) is 3.02. The van der Waals surface area contributed by atoms with Crippen molar-refractivity contribution in [2.24, 2.45) is 0 Å². The zero-order valence-electron chi connectivity index (χ0n) is 9.35. The van der Waals surface area contributed by atoms with E-state index < -0.39 is 0 Å². The van der Waals surface area contributed by atoms with E-state index in [1.807, 2.05) is 6.07 Å². The Kier molecular flexibility index (Phi) is 3.68. The standard InChI is InChI=1S/C12H13N3O2/c13-7-10-6-9(3-4-14-10)12(16)15-8-11-2-1-5-17-11/h3-4,6,11H,1-2,5,8H2,(H,15,16). The first kappa shape index (κ1) is 11.6. The molecule has 0 aliphatic carbocycles. The number of pyridine rings is 1. The summed E-state index contributed by atoms with van der Waals surface area (Å²) in [6, 6.07) is 4.97. The van der Waals surface area contributed by atoms with Gasteiger partial charge in [0.1, 0.15) is 11.8 Å². The van der Waals surface area contributed by atoms with Crippen LogP contribution in [-0.2, 0) is 4.74 Å². The fourth-order valence-electron chi connectivity index (χ4n) is 1.75. The molecule has 1 saturated heterocycles. The van der Waals surface area contributed by atoms with Crippen molar-refractivity contribution in [1.29, 1.82) is 5.26 Å². The van der Waals surface area contributed by atoms with Gasteiger partial charge in [0.15, 0.2) is 0 Å².